The van der Waals surface area contributed by atoms with E-state index in [1.807, 2.05) is 0 Å². The van der Waals surface area contributed by atoms with Gasteiger partial charge in [-0.25, -0.2) is 17.1 Å². The summed E-state index contributed by atoms with van der Waals surface area (Å²) in [6.45, 7) is 2.53. The second-order valence-corrected chi connectivity index (χ2v) is 7.96. The van der Waals surface area contributed by atoms with Gasteiger partial charge in [0.25, 0.3) is 0 Å². The Balaban J connectivity index is 2.31. The third kappa shape index (κ3) is 3.11. The molecule has 0 aliphatic heterocycles. The summed E-state index contributed by atoms with van der Waals surface area (Å²) in [5.74, 6) is 0.131. The minimum atomic E-state index is -3.71. The topological polar surface area (TPSA) is 37.4 Å². The number of sulfonamides is 1. The molecule has 20 heavy (non-hydrogen) atoms. The van der Waals surface area contributed by atoms with Gasteiger partial charge >= 0.3 is 0 Å². The summed E-state index contributed by atoms with van der Waals surface area (Å²) >= 11 is 11.4. The zero-order valence-corrected chi connectivity index (χ0v) is 13.6. The Morgan fingerprint density at radius 3 is 2.55 bits per heavy atom. The number of nitrogens with zero attached hydrogens (tertiary/aromatic N) is 1. The molecule has 1 fully saturated rings. The lowest BCUT2D eigenvalue weighted by atomic mass is 10.2. The zero-order valence-electron chi connectivity index (χ0n) is 11.2. The molecular weight excluding hydrogens is 324 g/mol. The Morgan fingerprint density at radius 2 is 2.05 bits per heavy atom. The van der Waals surface area contributed by atoms with Gasteiger partial charge in [0.15, 0.2) is 0 Å². The van der Waals surface area contributed by atoms with Gasteiger partial charge in [0.05, 0.1) is 9.92 Å². The van der Waals surface area contributed by atoms with Crippen LogP contribution in [0.15, 0.2) is 17.0 Å². The van der Waals surface area contributed by atoms with Gasteiger partial charge < -0.3 is 0 Å². The highest BCUT2D eigenvalue weighted by atomic mass is 35.5. The van der Waals surface area contributed by atoms with E-state index in [2.05, 4.69) is 6.92 Å². The third-order valence-corrected chi connectivity index (χ3v) is 6.21. The number of hydrogen-bond acceptors (Lipinski definition) is 2. The van der Waals surface area contributed by atoms with Crippen molar-refractivity contribution in [3.05, 3.63) is 28.5 Å². The molecule has 0 heterocycles. The van der Waals surface area contributed by atoms with Crippen molar-refractivity contribution in [2.45, 2.75) is 24.1 Å². The summed E-state index contributed by atoms with van der Waals surface area (Å²) in [6, 6.07) is 2.28. The van der Waals surface area contributed by atoms with Gasteiger partial charge in [0.1, 0.15) is 5.82 Å². The summed E-state index contributed by atoms with van der Waals surface area (Å²) in [6.07, 6.45) is 1.03. The summed E-state index contributed by atoms with van der Waals surface area (Å²) in [5.41, 5.74) is 0.278. The van der Waals surface area contributed by atoms with E-state index in [9.17, 15) is 12.8 Å². The van der Waals surface area contributed by atoms with Gasteiger partial charge in [-0.3, -0.25) is 0 Å². The largest absolute Gasteiger partial charge is 0.242 e. The molecule has 0 spiro atoms. The number of halogens is 3. The van der Waals surface area contributed by atoms with Crippen LogP contribution in [0.4, 0.5) is 4.39 Å². The summed E-state index contributed by atoms with van der Waals surface area (Å²) < 4.78 is 39.8. The van der Waals surface area contributed by atoms with E-state index < -0.39 is 15.8 Å². The number of rotatable bonds is 5. The molecular formula is C13H16Cl2FNO2S. The second kappa shape index (κ2) is 5.79. The Hall–Kier alpha value is -0.360. The van der Waals surface area contributed by atoms with E-state index in [0.717, 1.165) is 12.5 Å². The van der Waals surface area contributed by atoms with Crippen LogP contribution in [0.3, 0.4) is 0 Å². The summed E-state index contributed by atoms with van der Waals surface area (Å²) in [4.78, 5) is -0.106. The van der Waals surface area contributed by atoms with Gasteiger partial charge in [0.2, 0.25) is 10.0 Å². The van der Waals surface area contributed by atoms with Crippen molar-refractivity contribution >= 4 is 33.2 Å². The Bertz CT molecular complexity index is 621. The molecule has 1 aliphatic rings. The van der Waals surface area contributed by atoms with Crippen molar-refractivity contribution in [1.29, 1.82) is 0 Å². The molecule has 7 heteroatoms. The zero-order chi connectivity index (χ0) is 15.1. The minimum absolute atomic E-state index is 0.0392. The minimum Gasteiger partial charge on any atom is -0.207 e. The molecule has 112 valence electrons. The van der Waals surface area contributed by atoms with Gasteiger partial charge in [-0.15, -0.1) is 11.6 Å². The fourth-order valence-electron chi connectivity index (χ4n) is 2.13. The van der Waals surface area contributed by atoms with Crippen molar-refractivity contribution in [2.24, 2.45) is 11.8 Å². The van der Waals surface area contributed by atoms with Crippen molar-refractivity contribution in [3.8, 4) is 0 Å². The molecule has 0 N–H and O–H groups in total. The normalized spacial score (nSPS) is 22.3. The smallest absolute Gasteiger partial charge is 0.207 e. The van der Waals surface area contributed by atoms with Crippen molar-refractivity contribution < 1.29 is 12.8 Å². The first-order valence-corrected chi connectivity index (χ1v) is 8.62. The maximum Gasteiger partial charge on any atom is 0.242 e. The van der Waals surface area contributed by atoms with E-state index in [1.165, 1.54) is 17.4 Å². The molecule has 3 nitrogen and oxygen atoms in total. The second-order valence-electron chi connectivity index (χ2n) is 5.27. The number of alkyl halides is 1. The first-order valence-electron chi connectivity index (χ1n) is 6.27. The fraction of sp³-hybridized carbons (Fsp3) is 0.538. The maximum atomic E-state index is 13.7. The van der Waals surface area contributed by atoms with Crippen LogP contribution in [-0.4, -0.2) is 26.3 Å². The van der Waals surface area contributed by atoms with Crippen molar-refractivity contribution in [2.75, 3.05) is 13.6 Å². The lowest BCUT2D eigenvalue weighted by Crippen LogP contribution is -2.29. The summed E-state index contributed by atoms with van der Waals surface area (Å²) in [7, 11) is -2.21. The molecule has 2 unspecified atom stereocenters. The van der Waals surface area contributed by atoms with Crippen molar-refractivity contribution in [3.63, 3.8) is 0 Å². The summed E-state index contributed by atoms with van der Waals surface area (Å²) in [5, 5.41) is -0.127. The van der Waals surface area contributed by atoms with E-state index in [0.29, 0.717) is 18.4 Å². The molecule has 0 bridgehead atoms. The molecule has 1 saturated carbocycles. The third-order valence-electron chi connectivity index (χ3n) is 3.70. The predicted octanol–water partition coefficient (Wildman–Crippen LogP) is 3.49. The van der Waals surface area contributed by atoms with E-state index in [-0.39, 0.29) is 21.4 Å². The highest BCUT2D eigenvalue weighted by molar-refractivity contribution is 7.89. The maximum absolute atomic E-state index is 13.7. The highest BCUT2D eigenvalue weighted by Gasteiger charge is 2.36. The first-order chi connectivity index (χ1) is 9.27. The van der Waals surface area contributed by atoms with Crippen molar-refractivity contribution in [1.82, 2.24) is 4.31 Å². The van der Waals surface area contributed by atoms with E-state index in [4.69, 9.17) is 23.2 Å². The van der Waals surface area contributed by atoms with Crippen LogP contribution in [0, 0.1) is 17.7 Å². The Morgan fingerprint density at radius 1 is 1.45 bits per heavy atom. The molecule has 0 radical (unpaired) electrons. The number of benzene rings is 1. The average Bonchev–Trinajstić information content (AvgIpc) is 3.07. The van der Waals surface area contributed by atoms with Crippen LogP contribution in [-0.2, 0) is 15.9 Å². The Kier molecular flexibility index (Phi) is 4.64. The van der Waals surface area contributed by atoms with Crippen LogP contribution < -0.4 is 0 Å². The monoisotopic (exact) mass is 339 g/mol. The van der Waals surface area contributed by atoms with Gasteiger partial charge in [0, 0.05) is 19.5 Å². The molecule has 1 aromatic rings. The molecule has 0 aromatic heterocycles. The van der Waals surface area contributed by atoms with Crippen LogP contribution in [0.25, 0.3) is 0 Å². The highest BCUT2D eigenvalue weighted by Crippen LogP contribution is 2.39. The number of hydrogen-bond donors (Lipinski definition) is 0. The molecule has 1 aliphatic carbocycles. The molecule has 2 atom stereocenters. The lowest BCUT2D eigenvalue weighted by molar-refractivity contribution is 0.444. The van der Waals surface area contributed by atoms with E-state index >= 15 is 0 Å². The van der Waals surface area contributed by atoms with Crippen LogP contribution in [0.1, 0.15) is 18.9 Å². The molecule has 0 amide bonds. The fourth-order valence-corrected chi connectivity index (χ4v) is 3.87. The molecule has 0 saturated heterocycles. The van der Waals surface area contributed by atoms with Crippen LogP contribution in [0.2, 0.25) is 5.02 Å². The van der Waals surface area contributed by atoms with E-state index in [1.54, 1.807) is 0 Å². The first kappa shape index (κ1) is 16.0. The molecule has 1 aromatic carbocycles. The quantitative estimate of drug-likeness (QED) is 0.770. The van der Waals surface area contributed by atoms with Gasteiger partial charge in [-0.1, -0.05) is 18.5 Å². The van der Waals surface area contributed by atoms with Crippen LogP contribution >= 0.6 is 23.2 Å². The Labute approximate surface area is 128 Å². The average molecular weight is 340 g/mol. The predicted molar refractivity (Wildman–Crippen MR) is 78.1 cm³/mol. The molecule has 2 rings (SSSR count). The van der Waals surface area contributed by atoms with Gasteiger partial charge in [-0.2, -0.15) is 0 Å². The SMILES string of the molecule is CC1CC1CN(C)S(=O)(=O)c1cc(F)c(Cl)c(CCl)c1. The van der Waals surface area contributed by atoms with Gasteiger partial charge in [-0.05, 0) is 36.0 Å². The lowest BCUT2D eigenvalue weighted by Gasteiger charge is -2.18. The van der Waals surface area contributed by atoms with Crippen LogP contribution in [0.5, 0.6) is 0 Å². The standard InChI is InChI=1S/C13H16Cl2FNO2S/c1-8-3-10(8)7-17(2)20(18,19)11-4-9(6-14)13(15)12(16)5-11/h4-5,8,10H,3,6-7H2,1-2H3.